The van der Waals surface area contributed by atoms with E-state index in [0.29, 0.717) is 25.4 Å². The average Bonchev–Trinajstić information content (AvgIpc) is 3.10. The fourth-order valence-electron chi connectivity index (χ4n) is 3.66. The van der Waals surface area contributed by atoms with E-state index in [9.17, 15) is 13.2 Å². The van der Waals surface area contributed by atoms with Crippen molar-refractivity contribution in [3.05, 3.63) is 59.2 Å². The van der Waals surface area contributed by atoms with E-state index in [0.717, 1.165) is 37.2 Å². The fourth-order valence-corrected chi connectivity index (χ4v) is 6.03. The summed E-state index contributed by atoms with van der Waals surface area (Å²) in [5, 5.41) is 2.89. The van der Waals surface area contributed by atoms with Crippen molar-refractivity contribution in [1.29, 1.82) is 0 Å². The zero-order valence-electron chi connectivity index (χ0n) is 18.8. The average molecular weight is 477 g/mol. The van der Waals surface area contributed by atoms with Crippen LogP contribution in [-0.4, -0.2) is 51.1 Å². The van der Waals surface area contributed by atoms with Gasteiger partial charge in [-0.1, -0.05) is 42.7 Å². The van der Waals surface area contributed by atoms with Gasteiger partial charge in [0.15, 0.2) is 0 Å². The number of ether oxygens (including phenoxy) is 1. The molecule has 0 atom stereocenters. The standard InChI is InChI=1S/C24H32N2O4S2/c1-19-7-9-20(10-8-19)18-31-16-13-25-24(27)22-17-21(11-12-23(22)30-2)32(28,29)26-14-5-3-4-6-15-26/h7-12,17H,3-6,13-16,18H2,1-2H3,(H,25,27). The Bertz CT molecular complexity index is 999. The number of hydrogen-bond acceptors (Lipinski definition) is 5. The van der Waals surface area contributed by atoms with Gasteiger partial charge in [0, 0.05) is 31.1 Å². The van der Waals surface area contributed by atoms with Crippen molar-refractivity contribution in [3.8, 4) is 5.75 Å². The van der Waals surface area contributed by atoms with Crippen molar-refractivity contribution in [2.45, 2.75) is 43.3 Å². The Hall–Kier alpha value is -2.03. The smallest absolute Gasteiger partial charge is 0.255 e. The van der Waals surface area contributed by atoms with Crippen LogP contribution in [0.3, 0.4) is 0 Å². The van der Waals surface area contributed by atoms with Gasteiger partial charge in [-0.2, -0.15) is 16.1 Å². The molecular formula is C24H32N2O4S2. The van der Waals surface area contributed by atoms with E-state index in [-0.39, 0.29) is 16.4 Å². The van der Waals surface area contributed by atoms with Gasteiger partial charge in [0.1, 0.15) is 5.75 Å². The lowest BCUT2D eigenvalue weighted by Crippen LogP contribution is -2.32. The number of sulfonamides is 1. The highest BCUT2D eigenvalue weighted by Gasteiger charge is 2.27. The van der Waals surface area contributed by atoms with Gasteiger partial charge in [-0.25, -0.2) is 8.42 Å². The molecule has 0 spiro atoms. The number of hydrogen-bond donors (Lipinski definition) is 1. The Morgan fingerprint density at radius 1 is 1.06 bits per heavy atom. The Morgan fingerprint density at radius 2 is 1.75 bits per heavy atom. The topological polar surface area (TPSA) is 75.7 Å². The maximum absolute atomic E-state index is 13.1. The minimum atomic E-state index is -3.64. The maximum atomic E-state index is 13.1. The van der Waals surface area contributed by atoms with Gasteiger partial charge in [0.25, 0.3) is 5.91 Å². The number of nitrogens with zero attached hydrogens (tertiary/aromatic N) is 1. The molecule has 0 unspecified atom stereocenters. The second kappa shape index (κ2) is 11.7. The van der Waals surface area contributed by atoms with Crippen molar-refractivity contribution in [2.24, 2.45) is 0 Å². The largest absolute Gasteiger partial charge is 0.496 e. The molecule has 0 bridgehead atoms. The number of methoxy groups -OCH3 is 1. The van der Waals surface area contributed by atoms with E-state index in [1.807, 2.05) is 0 Å². The van der Waals surface area contributed by atoms with Gasteiger partial charge in [0.2, 0.25) is 10.0 Å². The molecule has 0 aliphatic carbocycles. The zero-order chi connectivity index (χ0) is 23.0. The van der Waals surface area contributed by atoms with Crippen LogP contribution in [0.2, 0.25) is 0 Å². The maximum Gasteiger partial charge on any atom is 0.255 e. The van der Waals surface area contributed by atoms with Gasteiger partial charge in [-0.05, 0) is 43.5 Å². The molecule has 0 saturated carbocycles. The number of carbonyl (C=O) groups is 1. The molecule has 8 heteroatoms. The van der Waals surface area contributed by atoms with Gasteiger partial charge in [-0.3, -0.25) is 4.79 Å². The molecule has 1 aliphatic heterocycles. The molecular weight excluding hydrogens is 444 g/mol. The molecule has 2 aromatic rings. The predicted octanol–water partition coefficient (Wildman–Crippen LogP) is 4.23. The molecule has 1 fully saturated rings. The van der Waals surface area contributed by atoms with Crippen molar-refractivity contribution in [1.82, 2.24) is 9.62 Å². The van der Waals surface area contributed by atoms with E-state index in [1.54, 1.807) is 17.8 Å². The van der Waals surface area contributed by atoms with Crippen molar-refractivity contribution < 1.29 is 17.9 Å². The van der Waals surface area contributed by atoms with E-state index in [1.165, 1.54) is 34.7 Å². The summed E-state index contributed by atoms with van der Waals surface area (Å²) in [7, 11) is -2.16. The number of carbonyl (C=O) groups excluding carboxylic acids is 1. The Morgan fingerprint density at radius 3 is 2.41 bits per heavy atom. The Kier molecular flexibility index (Phi) is 9.02. The van der Waals surface area contributed by atoms with E-state index < -0.39 is 10.0 Å². The number of nitrogens with one attached hydrogen (secondary N) is 1. The summed E-state index contributed by atoms with van der Waals surface area (Å²) >= 11 is 1.74. The normalized spacial score (nSPS) is 15.2. The molecule has 1 aliphatic rings. The summed E-state index contributed by atoms with van der Waals surface area (Å²) in [6.45, 7) is 3.60. The molecule has 2 aromatic carbocycles. The summed E-state index contributed by atoms with van der Waals surface area (Å²) < 4.78 is 33.1. The number of amides is 1. The third-order valence-corrected chi connectivity index (χ3v) is 8.46. The lowest BCUT2D eigenvalue weighted by molar-refractivity contribution is 0.0953. The molecule has 174 valence electrons. The van der Waals surface area contributed by atoms with Crippen LogP contribution < -0.4 is 10.1 Å². The number of thioether (sulfide) groups is 1. The predicted molar refractivity (Wildman–Crippen MR) is 130 cm³/mol. The van der Waals surface area contributed by atoms with Crippen LogP contribution in [0.4, 0.5) is 0 Å². The van der Waals surface area contributed by atoms with Gasteiger partial charge in [-0.15, -0.1) is 0 Å². The molecule has 0 aromatic heterocycles. The van der Waals surface area contributed by atoms with Gasteiger partial charge >= 0.3 is 0 Å². The Labute approximate surface area is 195 Å². The molecule has 1 N–H and O–H groups in total. The molecule has 0 radical (unpaired) electrons. The second-order valence-corrected chi connectivity index (χ2v) is 11.0. The van der Waals surface area contributed by atoms with Gasteiger partial charge in [0.05, 0.1) is 17.6 Å². The minimum Gasteiger partial charge on any atom is -0.496 e. The zero-order valence-corrected chi connectivity index (χ0v) is 20.4. The second-order valence-electron chi connectivity index (χ2n) is 7.97. The highest BCUT2D eigenvalue weighted by atomic mass is 32.2. The quantitative estimate of drug-likeness (QED) is 0.548. The van der Waals surface area contributed by atoms with Crippen molar-refractivity contribution in [2.75, 3.05) is 32.5 Å². The van der Waals surface area contributed by atoms with Crippen LogP contribution >= 0.6 is 11.8 Å². The monoisotopic (exact) mass is 476 g/mol. The van der Waals surface area contributed by atoms with Crippen LogP contribution in [0, 0.1) is 6.92 Å². The van der Waals surface area contributed by atoms with Crippen LogP contribution in [0.1, 0.15) is 47.2 Å². The first-order valence-corrected chi connectivity index (χ1v) is 13.6. The first-order valence-electron chi connectivity index (χ1n) is 11.0. The summed E-state index contributed by atoms with van der Waals surface area (Å²) in [5.41, 5.74) is 2.73. The molecule has 1 amide bonds. The van der Waals surface area contributed by atoms with Crippen molar-refractivity contribution in [3.63, 3.8) is 0 Å². The van der Waals surface area contributed by atoms with E-state index in [2.05, 4.69) is 36.5 Å². The summed E-state index contributed by atoms with van der Waals surface area (Å²) in [4.78, 5) is 12.9. The first kappa shape index (κ1) is 24.6. The molecule has 1 heterocycles. The molecule has 6 nitrogen and oxygen atoms in total. The van der Waals surface area contributed by atoms with Crippen LogP contribution in [0.25, 0.3) is 0 Å². The van der Waals surface area contributed by atoms with Crippen LogP contribution in [-0.2, 0) is 15.8 Å². The third-order valence-electron chi connectivity index (χ3n) is 5.54. The van der Waals surface area contributed by atoms with E-state index in [4.69, 9.17) is 4.74 Å². The fraction of sp³-hybridized carbons (Fsp3) is 0.458. The lowest BCUT2D eigenvalue weighted by atomic mass is 10.2. The Balaban J connectivity index is 1.61. The summed E-state index contributed by atoms with van der Waals surface area (Å²) in [6, 6.07) is 12.9. The molecule has 32 heavy (non-hydrogen) atoms. The summed E-state index contributed by atoms with van der Waals surface area (Å²) in [5.74, 6) is 1.67. The highest BCUT2D eigenvalue weighted by molar-refractivity contribution is 7.98. The van der Waals surface area contributed by atoms with Gasteiger partial charge < -0.3 is 10.1 Å². The minimum absolute atomic E-state index is 0.138. The van der Waals surface area contributed by atoms with Crippen LogP contribution in [0.15, 0.2) is 47.4 Å². The van der Waals surface area contributed by atoms with E-state index >= 15 is 0 Å². The summed E-state index contributed by atoms with van der Waals surface area (Å²) in [6.07, 6.45) is 3.82. The lowest BCUT2D eigenvalue weighted by Gasteiger charge is -2.20. The highest BCUT2D eigenvalue weighted by Crippen LogP contribution is 2.26. The molecule has 3 rings (SSSR count). The van der Waals surface area contributed by atoms with Crippen LogP contribution in [0.5, 0.6) is 5.75 Å². The SMILES string of the molecule is COc1ccc(S(=O)(=O)N2CCCCCC2)cc1C(=O)NCCSCc1ccc(C)cc1. The number of rotatable bonds is 9. The molecule has 1 saturated heterocycles. The number of aryl methyl sites for hydroxylation is 1. The van der Waals surface area contributed by atoms with Crippen molar-refractivity contribution >= 4 is 27.7 Å². The first-order chi connectivity index (χ1) is 15.4. The number of benzene rings is 2. The third kappa shape index (κ3) is 6.49.